The zero-order valence-corrected chi connectivity index (χ0v) is 16.7. The maximum atomic E-state index is 13.4. The fraction of sp³-hybridized carbons (Fsp3) is 0.273. The number of carbonyl (C=O) groups excluding carboxylic acids is 2. The Bertz CT molecular complexity index is 943. The average Bonchev–Trinajstić information content (AvgIpc) is 3.29. The van der Waals surface area contributed by atoms with E-state index in [1.807, 2.05) is 48.2 Å². The second kappa shape index (κ2) is 7.32. The smallest absolute Gasteiger partial charge is 0.282 e. The normalized spacial score (nSPS) is 17.1. The van der Waals surface area contributed by atoms with Gasteiger partial charge in [-0.2, -0.15) is 0 Å². The van der Waals surface area contributed by atoms with E-state index in [1.54, 1.807) is 24.3 Å². The highest BCUT2D eigenvalue weighted by atomic mass is 35.5. The molecule has 2 heterocycles. The molecule has 0 aliphatic carbocycles. The summed E-state index contributed by atoms with van der Waals surface area (Å²) in [5, 5.41) is 0.597. The number of amides is 2. The second-order valence-electron chi connectivity index (χ2n) is 7.28. The highest BCUT2D eigenvalue weighted by Crippen LogP contribution is 2.36. The van der Waals surface area contributed by atoms with Gasteiger partial charge in [-0.1, -0.05) is 23.7 Å². The van der Waals surface area contributed by atoms with Gasteiger partial charge >= 0.3 is 0 Å². The second-order valence-corrected chi connectivity index (χ2v) is 7.72. The molecular formula is C22H22ClN3O2. The van der Waals surface area contributed by atoms with E-state index in [0.29, 0.717) is 22.0 Å². The summed E-state index contributed by atoms with van der Waals surface area (Å²) < 4.78 is 0. The lowest BCUT2D eigenvalue weighted by molar-refractivity contribution is -0.120. The third-order valence-corrected chi connectivity index (χ3v) is 5.49. The van der Waals surface area contributed by atoms with Crippen LogP contribution in [0.5, 0.6) is 0 Å². The van der Waals surface area contributed by atoms with Crippen molar-refractivity contribution in [2.75, 3.05) is 37.0 Å². The van der Waals surface area contributed by atoms with Crippen molar-refractivity contribution in [3.05, 3.63) is 64.8 Å². The highest BCUT2D eigenvalue weighted by Gasteiger charge is 2.42. The molecule has 0 N–H and O–H groups in total. The van der Waals surface area contributed by atoms with E-state index in [4.69, 9.17) is 11.6 Å². The van der Waals surface area contributed by atoms with Crippen LogP contribution in [0.25, 0.3) is 5.57 Å². The Morgan fingerprint density at radius 1 is 0.857 bits per heavy atom. The summed E-state index contributed by atoms with van der Waals surface area (Å²) in [5.74, 6) is -0.540. The minimum Gasteiger partial charge on any atom is -0.378 e. The summed E-state index contributed by atoms with van der Waals surface area (Å²) in [6, 6.07) is 14.6. The van der Waals surface area contributed by atoms with Crippen molar-refractivity contribution in [1.29, 1.82) is 0 Å². The molecule has 5 nitrogen and oxygen atoms in total. The number of halogens is 1. The first-order valence-corrected chi connectivity index (χ1v) is 9.76. The predicted octanol–water partition coefficient (Wildman–Crippen LogP) is 3.79. The Balaban J connectivity index is 1.77. The van der Waals surface area contributed by atoms with Gasteiger partial charge in [-0.15, -0.1) is 0 Å². The maximum absolute atomic E-state index is 13.4. The summed E-state index contributed by atoms with van der Waals surface area (Å²) in [6.07, 6.45) is 2.05. The molecule has 2 aromatic carbocycles. The molecule has 2 aromatic rings. The zero-order valence-electron chi connectivity index (χ0n) is 16.0. The van der Waals surface area contributed by atoms with E-state index >= 15 is 0 Å². The maximum Gasteiger partial charge on any atom is 0.282 e. The molecule has 0 aromatic heterocycles. The molecule has 0 saturated carbocycles. The van der Waals surface area contributed by atoms with Crippen molar-refractivity contribution >= 4 is 40.4 Å². The number of nitrogens with zero attached hydrogens (tertiary/aromatic N) is 3. The fourth-order valence-electron chi connectivity index (χ4n) is 3.76. The van der Waals surface area contributed by atoms with Gasteiger partial charge in [-0.05, 0) is 54.8 Å². The van der Waals surface area contributed by atoms with E-state index in [-0.39, 0.29) is 11.8 Å². The van der Waals surface area contributed by atoms with E-state index < -0.39 is 0 Å². The van der Waals surface area contributed by atoms with Crippen molar-refractivity contribution in [2.45, 2.75) is 12.8 Å². The molecule has 1 saturated heterocycles. The number of likely N-dealkylation sites (tertiary alicyclic amines) is 1. The van der Waals surface area contributed by atoms with E-state index in [9.17, 15) is 9.59 Å². The Labute approximate surface area is 169 Å². The molecule has 0 unspecified atom stereocenters. The number of hydrogen-bond acceptors (Lipinski definition) is 4. The molecule has 2 aliphatic heterocycles. The van der Waals surface area contributed by atoms with Gasteiger partial charge in [0.2, 0.25) is 0 Å². The average molecular weight is 396 g/mol. The molecule has 1 fully saturated rings. The lowest BCUT2D eigenvalue weighted by Crippen LogP contribution is -2.34. The quantitative estimate of drug-likeness (QED) is 0.739. The molecule has 28 heavy (non-hydrogen) atoms. The minimum absolute atomic E-state index is 0.255. The summed E-state index contributed by atoms with van der Waals surface area (Å²) in [7, 11) is 3.90. The number of rotatable bonds is 4. The lowest BCUT2D eigenvalue weighted by atomic mass is 10.0. The van der Waals surface area contributed by atoms with Crippen LogP contribution in [0.15, 0.2) is 54.2 Å². The van der Waals surface area contributed by atoms with Crippen molar-refractivity contribution in [3.8, 4) is 0 Å². The molecule has 2 amide bonds. The predicted molar refractivity (Wildman–Crippen MR) is 112 cm³/mol. The van der Waals surface area contributed by atoms with Crippen LogP contribution in [0.1, 0.15) is 18.4 Å². The van der Waals surface area contributed by atoms with Gasteiger partial charge < -0.3 is 9.80 Å². The van der Waals surface area contributed by atoms with Crippen LogP contribution in [0, 0.1) is 0 Å². The molecule has 4 rings (SSSR count). The van der Waals surface area contributed by atoms with Crippen LogP contribution in [-0.2, 0) is 9.59 Å². The third kappa shape index (κ3) is 3.16. The van der Waals surface area contributed by atoms with Crippen molar-refractivity contribution in [1.82, 2.24) is 4.90 Å². The van der Waals surface area contributed by atoms with Gasteiger partial charge in [0.25, 0.3) is 11.8 Å². The standard InChI is InChI=1S/C22H22ClN3O2/c1-24(2)17-9-11-18(12-10-17)26-21(27)19(15-5-7-16(23)8-6-15)20(22(26)28)25-13-3-4-14-25/h5-12H,3-4,13-14H2,1-2H3. The molecule has 0 bridgehead atoms. The van der Waals surface area contributed by atoms with E-state index in [0.717, 1.165) is 37.2 Å². The van der Waals surface area contributed by atoms with Crippen LogP contribution in [0.3, 0.4) is 0 Å². The molecule has 144 valence electrons. The molecule has 0 radical (unpaired) electrons. The molecular weight excluding hydrogens is 374 g/mol. The monoisotopic (exact) mass is 395 g/mol. The van der Waals surface area contributed by atoms with Crippen LogP contribution in [0.4, 0.5) is 11.4 Å². The van der Waals surface area contributed by atoms with Crippen LogP contribution in [0.2, 0.25) is 5.02 Å². The van der Waals surface area contributed by atoms with Gasteiger partial charge in [-0.25, -0.2) is 4.90 Å². The number of anilines is 2. The Morgan fingerprint density at radius 3 is 2.04 bits per heavy atom. The molecule has 6 heteroatoms. The number of benzene rings is 2. The van der Waals surface area contributed by atoms with Gasteiger partial charge in [-0.3, -0.25) is 9.59 Å². The first-order chi connectivity index (χ1) is 13.5. The van der Waals surface area contributed by atoms with Gasteiger partial charge in [0.1, 0.15) is 5.70 Å². The Kier molecular flexibility index (Phi) is 4.85. The fourth-order valence-corrected chi connectivity index (χ4v) is 3.89. The Morgan fingerprint density at radius 2 is 1.46 bits per heavy atom. The highest BCUT2D eigenvalue weighted by molar-refractivity contribution is 6.45. The number of imide groups is 1. The van der Waals surface area contributed by atoms with Crippen molar-refractivity contribution in [2.24, 2.45) is 0 Å². The van der Waals surface area contributed by atoms with E-state index in [1.165, 1.54) is 4.90 Å². The summed E-state index contributed by atoms with van der Waals surface area (Å²) in [5.41, 5.74) is 3.27. The van der Waals surface area contributed by atoms with Crippen LogP contribution < -0.4 is 9.80 Å². The summed E-state index contributed by atoms with van der Waals surface area (Å²) in [4.78, 5) is 32.0. The molecule has 0 atom stereocenters. The first kappa shape index (κ1) is 18.6. The van der Waals surface area contributed by atoms with Crippen LogP contribution in [-0.4, -0.2) is 43.9 Å². The Hall–Kier alpha value is -2.79. The summed E-state index contributed by atoms with van der Waals surface area (Å²) >= 11 is 6.02. The number of carbonyl (C=O) groups is 2. The topological polar surface area (TPSA) is 43.9 Å². The van der Waals surface area contributed by atoms with E-state index in [2.05, 4.69) is 0 Å². The molecule has 0 spiro atoms. The third-order valence-electron chi connectivity index (χ3n) is 5.24. The lowest BCUT2D eigenvalue weighted by Gasteiger charge is -2.21. The number of hydrogen-bond donors (Lipinski definition) is 0. The SMILES string of the molecule is CN(C)c1ccc(N2C(=O)C(c3ccc(Cl)cc3)=C(N3CCCC3)C2=O)cc1. The zero-order chi connectivity index (χ0) is 19.8. The largest absolute Gasteiger partial charge is 0.378 e. The molecule has 2 aliphatic rings. The summed E-state index contributed by atoms with van der Waals surface area (Å²) in [6.45, 7) is 1.58. The van der Waals surface area contributed by atoms with Gasteiger partial charge in [0.05, 0.1) is 11.3 Å². The van der Waals surface area contributed by atoms with Crippen LogP contribution >= 0.6 is 11.6 Å². The van der Waals surface area contributed by atoms with Crippen molar-refractivity contribution in [3.63, 3.8) is 0 Å². The van der Waals surface area contributed by atoms with Gasteiger partial charge in [0.15, 0.2) is 0 Å². The van der Waals surface area contributed by atoms with Gasteiger partial charge in [0, 0.05) is 37.9 Å². The first-order valence-electron chi connectivity index (χ1n) is 9.38. The minimum atomic E-state index is -0.285. The van der Waals surface area contributed by atoms with Crippen molar-refractivity contribution < 1.29 is 9.59 Å².